The molecule has 0 bridgehead atoms. The van der Waals surface area contributed by atoms with E-state index in [1.807, 2.05) is 39.0 Å². The Morgan fingerprint density at radius 3 is 2.38 bits per heavy atom. The van der Waals surface area contributed by atoms with Crippen LogP contribution in [-0.4, -0.2) is 29.7 Å². The maximum absolute atomic E-state index is 14.0. The molecule has 0 atom stereocenters. The Morgan fingerprint density at radius 2 is 1.69 bits per heavy atom. The molecule has 1 fully saturated rings. The lowest BCUT2D eigenvalue weighted by molar-refractivity contribution is 0.0181. The maximum Gasteiger partial charge on any atom is 0.410 e. The van der Waals surface area contributed by atoms with Gasteiger partial charge in [0.15, 0.2) is 0 Å². The fourth-order valence-corrected chi connectivity index (χ4v) is 4.36. The van der Waals surface area contributed by atoms with E-state index in [1.165, 1.54) is 17.2 Å². The third kappa shape index (κ3) is 2.68. The third-order valence-electron chi connectivity index (χ3n) is 5.50. The van der Waals surface area contributed by atoms with Crippen LogP contribution < -0.4 is 0 Å². The Morgan fingerprint density at radius 1 is 1.04 bits per heavy atom. The minimum atomic E-state index is -0.498. The first-order valence-corrected chi connectivity index (χ1v) is 9.18. The molecule has 0 N–H and O–H groups in total. The number of carbonyl (C=O) groups excluding carboxylic acids is 1. The van der Waals surface area contributed by atoms with Crippen LogP contribution in [0, 0.1) is 5.82 Å². The quantitative estimate of drug-likeness (QED) is 0.658. The summed E-state index contributed by atoms with van der Waals surface area (Å²) in [6.07, 6.45) is 1.29. The summed E-state index contributed by atoms with van der Waals surface area (Å²) >= 11 is 0. The number of benzene rings is 2. The number of hydrogen-bond acceptors (Lipinski definition) is 2. The Balaban J connectivity index is 1.66. The minimum Gasteiger partial charge on any atom is -0.444 e. The highest BCUT2D eigenvalue weighted by Gasteiger charge is 2.46. The van der Waals surface area contributed by atoms with Gasteiger partial charge in [0.1, 0.15) is 11.4 Å². The Labute approximate surface area is 153 Å². The number of rotatable bonds is 0. The summed E-state index contributed by atoms with van der Waals surface area (Å²) < 4.78 is 19.5. The normalized spacial score (nSPS) is 17.8. The van der Waals surface area contributed by atoms with Crippen molar-refractivity contribution in [1.29, 1.82) is 0 Å². The van der Waals surface area contributed by atoms with Gasteiger partial charge in [-0.2, -0.15) is 0 Å². The standard InChI is InChI=1S/C22H24FNO2/c1-21(2,3)26-20(25)24-12-10-22(11-13-24)18-7-5-4-6-16(18)17-9-8-15(23)14-19(17)22/h4-9,14H,10-13H2,1-3H3. The summed E-state index contributed by atoms with van der Waals surface area (Å²) in [5.74, 6) is -0.203. The van der Waals surface area contributed by atoms with Crippen molar-refractivity contribution >= 4 is 6.09 Å². The van der Waals surface area contributed by atoms with Gasteiger partial charge in [0.05, 0.1) is 0 Å². The molecule has 1 spiro atoms. The van der Waals surface area contributed by atoms with Gasteiger partial charge in [-0.15, -0.1) is 0 Å². The number of likely N-dealkylation sites (tertiary alicyclic amines) is 1. The first-order valence-electron chi connectivity index (χ1n) is 9.18. The van der Waals surface area contributed by atoms with E-state index in [9.17, 15) is 9.18 Å². The predicted molar refractivity (Wildman–Crippen MR) is 99.7 cm³/mol. The average molecular weight is 353 g/mol. The zero-order valence-corrected chi connectivity index (χ0v) is 15.5. The summed E-state index contributed by atoms with van der Waals surface area (Å²) in [6.45, 7) is 6.85. The lowest BCUT2D eigenvalue weighted by Crippen LogP contribution is -2.46. The number of nitrogens with zero attached hydrogens (tertiary/aromatic N) is 1. The molecular weight excluding hydrogens is 329 g/mol. The fourth-order valence-electron chi connectivity index (χ4n) is 4.36. The van der Waals surface area contributed by atoms with Gasteiger partial charge in [-0.3, -0.25) is 0 Å². The molecule has 0 saturated carbocycles. The molecule has 2 aliphatic rings. The highest BCUT2D eigenvalue weighted by atomic mass is 19.1. The van der Waals surface area contributed by atoms with Crippen molar-refractivity contribution in [3.8, 4) is 11.1 Å². The van der Waals surface area contributed by atoms with Crippen molar-refractivity contribution in [1.82, 2.24) is 4.90 Å². The summed E-state index contributed by atoms with van der Waals surface area (Å²) in [5.41, 5.74) is 3.90. The molecule has 136 valence electrons. The van der Waals surface area contributed by atoms with Crippen molar-refractivity contribution in [2.45, 2.75) is 44.6 Å². The smallest absolute Gasteiger partial charge is 0.410 e. The molecule has 2 aromatic carbocycles. The SMILES string of the molecule is CC(C)(C)OC(=O)N1CCC2(CC1)c1ccccc1-c1ccc(F)cc12. The maximum atomic E-state index is 14.0. The van der Waals surface area contributed by atoms with E-state index in [0.29, 0.717) is 13.1 Å². The molecule has 1 aliphatic carbocycles. The number of amides is 1. The van der Waals surface area contributed by atoms with E-state index in [0.717, 1.165) is 24.0 Å². The molecule has 1 aliphatic heterocycles. The predicted octanol–water partition coefficient (Wildman–Crippen LogP) is 5.12. The van der Waals surface area contributed by atoms with Gasteiger partial charge in [0.25, 0.3) is 0 Å². The van der Waals surface area contributed by atoms with Gasteiger partial charge < -0.3 is 9.64 Å². The molecule has 4 heteroatoms. The highest BCUT2D eigenvalue weighted by Crippen LogP contribution is 2.54. The largest absolute Gasteiger partial charge is 0.444 e. The number of halogens is 1. The molecule has 0 unspecified atom stereocenters. The summed E-state index contributed by atoms with van der Waals surface area (Å²) in [7, 11) is 0. The van der Waals surface area contributed by atoms with Gasteiger partial charge in [0.2, 0.25) is 0 Å². The highest BCUT2D eigenvalue weighted by molar-refractivity contribution is 5.81. The fraction of sp³-hybridized carbons (Fsp3) is 0.409. The lowest BCUT2D eigenvalue weighted by Gasteiger charge is -2.41. The van der Waals surface area contributed by atoms with Crippen molar-refractivity contribution in [3.05, 3.63) is 59.4 Å². The zero-order valence-electron chi connectivity index (χ0n) is 15.5. The van der Waals surface area contributed by atoms with E-state index in [1.54, 1.807) is 11.0 Å². The second-order valence-electron chi connectivity index (χ2n) is 8.28. The van der Waals surface area contributed by atoms with Crippen LogP contribution in [-0.2, 0) is 10.2 Å². The van der Waals surface area contributed by atoms with Gasteiger partial charge in [-0.05, 0) is 68.0 Å². The lowest BCUT2D eigenvalue weighted by atomic mass is 9.71. The summed E-state index contributed by atoms with van der Waals surface area (Å²) in [5, 5.41) is 0. The molecular formula is C22H24FNO2. The van der Waals surface area contributed by atoms with Gasteiger partial charge in [-0.1, -0.05) is 30.3 Å². The Bertz CT molecular complexity index is 861. The van der Waals surface area contributed by atoms with Gasteiger partial charge in [0, 0.05) is 18.5 Å². The molecule has 0 radical (unpaired) electrons. The van der Waals surface area contributed by atoms with Crippen molar-refractivity contribution in [2.24, 2.45) is 0 Å². The monoisotopic (exact) mass is 353 g/mol. The van der Waals surface area contributed by atoms with E-state index in [2.05, 4.69) is 12.1 Å². The molecule has 1 saturated heterocycles. The second kappa shape index (κ2) is 5.83. The molecule has 3 nitrogen and oxygen atoms in total. The second-order valence-corrected chi connectivity index (χ2v) is 8.28. The van der Waals surface area contributed by atoms with E-state index < -0.39 is 5.60 Å². The molecule has 4 rings (SSSR count). The average Bonchev–Trinajstić information content (AvgIpc) is 2.84. The molecule has 0 aromatic heterocycles. The van der Waals surface area contributed by atoms with Crippen molar-refractivity contribution in [2.75, 3.05) is 13.1 Å². The molecule has 1 heterocycles. The van der Waals surface area contributed by atoms with Crippen LogP contribution >= 0.6 is 0 Å². The van der Waals surface area contributed by atoms with E-state index in [-0.39, 0.29) is 17.3 Å². The zero-order chi connectivity index (χ0) is 18.5. The van der Waals surface area contributed by atoms with E-state index >= 15 is 0 Å². The summed E-state index contributed by atoms with van der Waals surface area (Å²) in [4.78, 5) is 14.2. The van der Waals surface area contributed by atoms with Crippen molar-refractivity contribution in [3.63, 3.8) is 0 Å². The Kier molecular flexibility index (Phi) is 3.83. The first kappa shape index (κ1) is 17.1. The number of hydrogen-bond donors (Lipinski definition) is 0. The van der Waals surface area contributed by atoms with Crippen LogP contribution in [0.3, 0.4) is 0 Å². The van der Waals surface area contributed by atoms with Crippen LogP contribution in [0.1, 0.15) is 44.7 Å². The number of carbonyl (C=O) groups is 1. The molecule has 1 amide bonds. The minimum absolute atomic E-state index is 0.203. The number of piperidine rings is 1. The van der Waals surface area contributed by atoms with Crippen LogP contribution in [0.15, 0.2) is 42.5 Å². The van der Waals surface area contributed by atoms with Crippen LogP contribution in [0.5, 0.6) is 0 Å². The topological polar surface area (TPSA) is 29.5 Å². The number of fused-ring (bicyclic) bond motifs is 5. The van der Waals surface area contributed by atoms with Crippen LogP contribution in [0.2, 0.25) is 0 Å². The van der Waals surface area contributed by atoms with Gasteiger partial charge in [-0.25, -0.2) is 9.18 Å². The van der Waals surface area contributed by atoms with Gasteiger partial charge >= 0.3 is 6.09 Å². The molecule has 2 aromatic rings. The Hall–Kier alpha value is -2.36. The van der Waals surface area contributed by atoms with E-state index in [4.69, 9.17) is 4.74 Å². The third-order valence-corrected chi connectivity index (χ3v) is 5.50. The summed E-state index contributed by atoms with van der Waals surface area (Å²) in [6, 6.07) is 13.4. The van der Waals surface area contributed by atoms with Crippen LogP contribution in [0.4, 0.5) is 9.18 Å². The number of ether oxygens (including phenoxy) is 1. The first-order chi connectivity index (χ1) is 12.3. The molecule has 26 heavy (non-hydrogen) atoms. The van der Waals surface area contributed by atoms with Crippen LogP contribution in [0.25, 0.3) is 11.1 Å². The van der Waals surface area contributed by atoms with Crippen molar-refractivity contribution < 1.29 is 13.9 Å².